The molecule has 9 heteroatoms. The number of hydrogen-bond donors (Lipinski definition) is 2. The summed E-state index contributed by atoms with van der Waals surface area (Å²) in [7, 11) is 2.03. The SMILES string of the molecule is CNC1CCC1.O=CN(Cc1ccc(C2NN=C(C(F)(F)F)O2)cc1)c1ccccc1. The van der Waals surface area contributed by atoms with Gasteiger partial charge >= 0.3 is 12.1 Å². The lowest BCUT2D eigenvalue weighted by Crippen LogP contribution is -2.31. The average molecular weight is 434 g/mol. The Bertz CT molecular complexity index is 866. The van der Waals surface area contributed by atoms with Crippen LogP contribution in [0.1, 0.15) is 36.6 Å². The van der Waals surface area contributed by atoms with E-state index in [0.29, 0.717) is 12.1 Å². The zero-order valence-electron chi connectivity index (χ0n) is 17.1. The molecule has 1 aliphatic heterocycles. The molecule has 31 heavy (non-hydrogen) atoms. The van der Waals surface area contributed by atoms with E-state index in [1.165, 1.54) is 24.2 Å². The number of nitrogens with one attached hydrogen (secondary N) is 2. The Hall–Kier alpha value is -3.07. The number of para-hydroxylation sites is 1. The van der Waals surface area contributed by atoms with Crippen molar-refractivity contribution in [2.75, 3.05) is 11.9 Å². The highest BCUT2D eigenvalue weighted by Crippen LogP contribution is 2.27. The zero-order chi connectivity index (χ0) is 22.3. The highest BCUT2D eigenvalue weighted by molar-refractivity contribution is 5.82. The maximum Gasteiger partial charge on any atom is 0.470 e. The van der Waals surface area contributed by atoms with Gasteiger partial charge < -0.3 is 15.0 Å². The lowest BCUT2D eigenvalue weighted by Gasteiger charge is -2.23. The van der Waals surface area contributed by atoms with E-state index in [-0.39, 0.29) is 0 Å². The van der Waals surface area contributed by atoms with Crippen molar-refractivity contribution in [2.45, 2.75) is 44.3 Å². The summed E-state index contributed by atoms with van der Waals surface area (Å²) in [5, 5.41) is 6.35. The van der Waals surface area contributed by atoms with Crippen molar-refractivity contribution in [2.24, 2.45) is 5.10 Å². The van der Waals surface area contributed by atoms with Gasteiger partial charge in [-0.15, -0.1) is 5.10 Å². The standard InChI is InChI=1S/C17H14F3N3O2.C5H11N/c18-17(19,20)16-22-21-15(25-16)13-8-6-12(7-9-13)10-23(11-24)14-4-2-1-3-5-14;1-6-5-3-2-4-5/h1-9,11,15,21H,10H2;5-6H,2-4H2,1H3. The molecule has 2 aromatic rings. The maximum atomic E-state index is 12.5. The van der Waals surface area contributed by atoms with E-state index in [2.05, 4.69) is 15.8 Å². The molecule has 2 aromatic carbocycles. The molecule has 1 heterocycles. The number of alkyl halides is 3. The number of carbonyl (C=O) groups excluding carboxylic acids is 1. The first-order chi connectivity index (χ1) is 14.9. The third-order valence-corrected chi connectivity index (χ3v) is 5.12. The van der Waals surface area contributed by atoms with Crippen molar-refractivity contribution >= 4 is 18.0 Å². The van der Waals surface area contributed by atoms with E-state index in [1.807, 2.05) is 37.4 Å². The molecule has 0 aromatic heterocycles. The molecular formula is C22H25F3N4O2. The van der Waals surface area contributed by atoms with Gasteiger partial charge in [0.1, 0.15) is 0 Å². The third kappa shape index (κ3) is 6.21. The van der Waals surface area contributed by atoms with Crippen LogP contribution < -0.4 is 15.6 Å². The number of amides is 1. The number of anilines is 1. The summed E-state index contributed by atoms with van der Waals surface area (Å²) in [6, 6.07) is 16.7. The minimum absolute atomic E-state index is 0.344. The van der Waals surface area contributed by atoms with Gasteiger partial charge in [0.2, 0.25) is 12.6 Å². The fraction of sp³-hybridized carbons (Fsp3) is 0.364. The molecule has 1 fully saturated rings. The topological polar surface area (TPSA) is 66.0 Å². The number of hydrazone groups is 1. The van der Waals surface area contributed by atoms with Crippen LogP contribution in [0.4, 0.5) is 18.9 Å². The molecule has 2 N–H and O–H groups in total. The Morgan fingerprint density at radius 1 is 1.16 bits per heavy atom. The summed E-state index contributed by atoms with van der Waals surface area (Å²) in [6.45, 7) is 0.344. The van der Waals surface area contributed by atoms with Crippen molar-refractivity contribution in [3.8, 4) is 0 Å². The highest BCUT2D eigenvalue weighted by Gasteiger charge is 2.43. The monoisotopic (exact) mass is 434 g/mol. The summed E-state index contributed by atoms with van der Waals surface area (Å²) in [4.78, 5) is 12.8. The number of halogens is 3. The Morgan fingerprint density at radius 2 is 1.84 bits per heavy atom. The number of nitrogens with zero attached hydrogens (tertiary/aromatic N) is 2. The average Bonchev–Trinajstić information content (AvgIpc) is 3.24. The largest absolute Gasteiger partial charge is 0.470 e. The van der Waals surface area contributed by atoms with Gasteiger partial charge in [0, 0.05) is 17.3 Å². The molecule has 1 aliphatic carbocycles. The Labute approximate surface area is 179 Å². The van der Waals surface area contributed by atoms with Gasteiger partial charge in [-0.05, 0) is 37.6 Å². The van der Waals surface area contributed by atoms with Gasteiger partial charge in [0.05, 0.1) is 6.54 Å². The van der Waals surface area contributed by atoms with E-state index in [9.17, 15) is 18.0 Å². The second-order valence-electron chi connectivity index (χ2n) is 7.27. The van der Waals surface area contributed by atoms with Crippen molar-refractivity contribution in [1.29, 1.82) is 0 Å². The van der Waals surface area contributed by atoms with Crippen molar-refractivity contribution in [3.63, 3.8) is 0 Å². The summed E-state index contributed by atoms with van der Waals surface area (Å²) in [6.07, 6.45) is -0.642. The number of rotatable bonds is 6. The van der Waals surface area contributed by atoms with Crippen LogP contribution in [0.25, 0.3) is 0 Å². The van der Waals surface area contributed by atoms with Gasteiger partial charge in [0.15, 0.2) is 0 Å². The summed E-state index contributed by atoms with van der Waals surface area (Å²) < 4.78 is 42.3. The first kappa shape index (κ1) is 22.6. The second kappa shape index (κ2) is 10.3. The van der Waals surface area contributed by atoms with Gasteiger partial charge in [0.25, 0.3) is 0 Å². The molecule has 0 bridgehead atoms. The quantitative estimate of drug-likeness (QED) is 0.672. The summed E-state index contributed by atoms with van der Waals surface area (Å²) in [5.74, 6) is -1.29. The predicted octanol–water partition coefficient (Wildman–Crippen LogP) is 4.10. The van der Waals surface area contributed by atoms with E-state index in [0.717, 1.165) is 23.7 Å². The normalized spacial score (nSPS) is 17.9. The molecule has 1 saturated carbocycles. The molecule has 2 aliphatic rings. The van der Waals surface area contributed by atoms with E-state index < -0.39 is 18.3 Å². The van der Waals surface area contributed by atoms with Crippen LogP contribution in [0.15, 0.2) is 59.7 Å². The van der Waals surface area contributed by atoms with Gasteiger partial charge in [-0.3, -0.25) is 10.2 Å². The van der Waals surface area contributed by atoms with Gasteiger partial charge in [-0.2, -0.15) is 13.2 Å². The Morgan fingerprint density at radius 3 is 2.29 bits per heavy atom. The van der Waals surface area contributed by atoms with Gasteiger partial charge in [-0.1, -0.05) is 48.9 Å². The van der Waals surface area contributed by atoms with E-state index in [4.69, 9.17) is 4.74 Å². The fourth-order valence-electron chi connectivity index (χ4n) is 3.05. The summed E-state index contributed by atoms with van der Waals surface area (Å²) in [5.41, 5.74) is 4.39. The molecular weight excluding hydrogens is 409 g/mol. The molecule has 0 radical (unpaired) electrons. The zero-order valence-corrected chi connectivity index (χ0v) is 17.1. The van der Waals surface area contributed by atoms with Crippen LogP contribution in [0.2, 0.25) is 0 Å². The van der Waals surface area contributed by atoms with Crippen LogP contribution in [0, 0.1) is 0 Å². The number of hydrogen-bond acceptors (Lipinski definition) is 5. The third-order valence-electron chi connectivity index (χ3n) is 5.12. The van der Waals surface area contributed by atoms with Gasteiger partial charge in [-0.25, -0.2) is 0 Å². The first-order valence-corrected chi connectivity index (χ1v) is 10.0. The second-order valence-corrected chi connectivity index (χ2v) is 7.27. The predicted molar refractivity (Wildman–Crippen MR) is 112 cm³/mol. The minimum atomic E-state index is -4.62. The Balaban J connectivity index is 0.000000391. The molecule has 1 amide bonds. The highest BCUT2D eigenvalue weighted by atomic mass is 19.4. The fourth-order valence-corrected chi connectivity index (χ4v) is 3.05. The van der Waals surface area contributed by atoms with Crippen LogP contribution in [-0.2, 0) is 16.1 Å². The van der Waals surface area contributed by atoms with Crippen LogP contribution in [0.3, 0.4) is 0 Å². The van der Waals surface area contributed by atoms with E-state index in [1.54, 1.807) is 24.3 Å². The van der Waals surface area contributed by atoms with Crippen molar-refractivity contribution in [3.05, 3.63) is 65.7 Å². The van der Waals surface area contributed by atoms with Crippen LogP contribution in [0.5, 0.6) is 0 Å². The van der Waals surface area contributed by atoms with Crippen LogP contribution >= 0.6 is 0 Å². The van der Waals surface area contributed by atoms with Crippen molar-refractivity contribution in [1.82, 2.24) is 10.7 Å². The maximum absolute atomic E-state index is 12.5. The first-order valence-electron chi connectivity index (χ1n) is 10.0. The number of benzene rings is 2. The molecule has 6 nitrogen and oxygen atoms in total. The van der Waals surface area contributed by atoms with Crippen molar-refractivity contribution < 1.29 is 22.7 Å². The molecule has 4 rings (SSSR count). The van der Waals surface area contributed by atoms with E-state index >= 15 is 0 Å². The number of ether oxygens (including phenoxy) is 1. The summed E-state index contributed by atoms with van der Waals surface area (Å²) >= 11 is 0. The lowest BCUT2D eigenvalue weighted by atomic mass is 9.94. The number of carbonyl (C=O) groups is 1. The molecule has 1 atom stereocenters. The Kier molecular flexibility index (Phi) is 7.51. The lowest BCUT2D eigenvalue weighted by molar-refractivity contribution is -0.107. The molecule has 0 saturated heterocycles. The minimum Gasteiger partial charge on any atom is -0.443 e. The smallest absolute Gasteiger partial charge is 0.443 e. The molecule has 0 spiro atoms. The van der Waals surface area contributed by atoms with Crippen LogP contribution in [-0.4, -0.2) is 31.6 Å². The molecule has 1 unspecified atom stereocenters. The molecule has 166 valence electrons.